The highest BCUT2D eigenvalue weighted by Gasteiger charge is 2.07. The Balaban J connectivity index is 3.33. The van der Waals surface area contributed by atoms with Gasteiger partial charge in [0.15, 0.2) is 0 Å². The number of hydrogen-bond acceptors (Lipinski definition) is 1. The van der Waals surface area contributed by atoms with Gasteiger partial charge in [0.25, 0.3) is 0 Å². The van der Waals surface area contributed by atoms with Gasteiger partial charge in [-0.3, -0.25) is 0 Å². The van der Waals surface area contributed by atoms with Crippen molar-refractivity contribution in [2.24, 2.45) is 5.92 Å². The molecule has 1 unspecified atom stereocenters. The van der Waals surface area contributed by atoms with Gasteiger partial charge in [-0.25, -0.2) is 0 Å². The van der Waals surface area contributed by atoms with Gasteiger partial charge in [-0.2, -0.15) is 22.2 Å². The molecule has 14 heavy (non-hydrogen) atoms. The van der Waals surface area contributed by atoms with Crippen LogP contribution in [0.2, 0.25) is 6.04 Å². The van der Waals surface area contributed by atoms with Crippen LogP contribution in [0.15, 0.2) is 0 Å². The summed E-state index contributed by atoms with van der Waals surface area (Å²) in [6.07, 6.45) is 5.08. The summed E-state index contributed by atoms with van der Waals surface area (Å²) in [6.45, 7) is 6.08. The van der Waals surface area contributed by atoms with E-state index >= 15 is 0 Å². The van der Waals surface area contributed by atoms with Crippen LogP contribution in [0.1, 0.15) is 39.5 Å². The topological polar surface area (TPSA) is 9.23 Å². The SMILES string of the molecule is CCCCC(CC)COCC[SiH](Cl)Cl. The smallest absolute Gasteiger partial charge is 0.239 e. The Kier molecular flexibility index (Phi) is 10.8. The molecule has 0 aromatic heterocycles. The van der Waals surface area contributed by atoms with Gasteiger partial charge in [0.05, 0.1) is 0 Å². The zero-order chi connectivity index (χ0) is 10.8. The first-order valence-electron chi connectivity index (χ1n) is 5.56. The van der Waals surface area contributed by atoms with Crippen LogP contribution in [0, 0.1) is 5.92 Å². The largest absolute Gasteiger partial charge is 0.381 e. The van der Waals surface area contributed by atoms with Gasteiger partial charge in [-0.1, -0.05) is 33.1 Å². The molecule has 86 valence electrons. The van der Waals surface area contributed by atoms with Gasteiger partial charge in [0.2, 0.25) is 7.42 Å². The van der Waals surface area contributed by atoms with Crippen molar-refractivity contribution in [1.82, 2.24) is 0 Å². The zero-order valence-corrected chi connectivity index (χ0v) is 11.9. The predicted molar refractivity (Wildman–Crippen MR) is 67.8 cm³/mol. The fourth-order valence-electron chi connectivity index (χ4n) is 1.32. The molecule has 0 fully saturated rings. The second kappa shape index (κ2) is 10.3. The molecule has 1 nitrogen and oxygen atoms in total. The van der Waals surface area contributed by atoms with Gasteiger partial charge in [-0.05, 0) is 18.4 Å². The predicted octanol–water partition coefficient (Wildman–Crippen LogP) is 3.92. The fraction of sp³-hybridized carbons (Fsp3) is 1.00. The standard InChI is InChI=1S/C10H22Cl2OSi/c1-3-5-6-10(4-2)9-13-7-8-14(11)12/h10,14H,3-9H2,1-2H3. The average Bonchev–Trinajstić information content (AvgIpc) is 2.16. The third-order valence-electron chi connectivity index (χ3n) is 2.38. The Labute approximate surface area is 99.1 Å². The Morgan fingerprint density at radius 3 is 2.50 bits per heavy atom. The van der Waals surface area contributed by atoms with Crippen molar-refractivity contribution in [3.8, 4) is 0 Å². The van der Waals surface area contributed by atoms with Crippen LogP contribution in [0.25, 0.3) is 0 Å². The first-order chi connectivity index (χ1) is 6.70. The molecule has 0 aliphatic heterocycles. The van der Waals surface area contributed by atoms with E-state index in [4.69, 9.17) is 26.9 Å². The van der Waals surface area contributed by atoms with E-state index in [9.17, 15) is 0 Å². The number of unbranched alkanes of at least 4 members (excludes halogenated alkanes) is 1. The van der Waals surface area contributed by atoms with E-state index in [1.165, 1.54) is 25.7 Å². The lowest BCUT2D eigenvalue weighted by atomic mass is 10.0. The quantitative estimate of drug-likeness (QED) is 0.345. The maximum atomic E-state index is 5.73. The molecule has 0 bridgehead atoms. The Morgan fingerprint density at radius 2 is 2.00 bits per heavy atom. The van der Waals surface area contributed by atoms with Crippen LogP contribution < -0.4 is 0 Å². The molecule has 4 heteroatoms. The highest BCUT2D eigenvalue weighted by Crippen LogP contribution is 2.13. The van der Waals surface area contributed by atoms with E-state index < -0.39 is 7.42 Å². The number of rotatable bonds is 9. The Morgan fingerprint density at radius 1 is 1.29 bits per heavy atom. The summed E-state index contributed by atoms with van der Waals surface area (Å²) in [5, 5.41) is 0. The van der Waals surface area contributed by atoms with Crippen molar-refractivity contribution >= 4 is 29.6 Å². The summed E-state index contributed by atoms with van der Waals surface area (Å²) in [7, 11) is -1.45. The summed E-state index contributed by atoms with van der Waals surface area (Å²) in [4.78, 5) is 0. The van der Waals surface area contributed by atoms with Crippen LogP contribution in [0.5, 0.6) is 0 Å². The lowest BCUT2D eigenvalue weighted by molar-refractivity contribution is 0.104. The van der Waals surface area contributed by atoms with Gasteiger partial charge < -0.3 is 4.74 Å². The van der Waals surface area contributed by atoms with Crippen LogP contribution in [0.4, 0.5) is 0 Å². The van der Waals surface area contributed by atoms with E-state index in [1.54, 1.807) is 0 Å². The van der Waals surface area contributed by atoms with Gasteiger partial charge in [-0.15, -0.1) is 0 Å². The molecule has 0 aliphatic carbocycles. The first kappa shape index (κ1) is 14.8. The molecule has 0 rings (SSSR count). The van der Waals surface area contributed by atoms with Gasteiger partial charge >= 0.3 is 0 Å². The van der Waals surface area contributed by atoms with Crippen LogP contribution in [-0.4, -0.2) is 20.6 Å². The molecule has 0 aromatic carbocycles. The third-order valence-corrected chi connectivity index (χ3v) is 4.36. The molecular weight excluding hydrogens is 235 g/mol. The Bertz CT molecular complexity index is 123. The van der Waals surface area contributed by atoms with Crippen LogP contribution in [-0.2, 0) is 4.74 Å². The second-order valence-corrected chi connectivity index (χ2v) is 8.86. The minimum Gasteiger partial charge on any atom is -0.381 e. The number of hydrogen-bond donors (Lipinski definition) is 0. The van der Waals surface area contributed by atoms with Crippen molar-refractivity contribution in [2.45, 2.75) is 45.6 Å². The molecule has 0 heterocycles. The maximum absolute atomic E-state index is 5.73. The lowest BCUT2D eigenvalue weighted by Gasteiger charge is -2.14. The summed E-state index contributed by atoms with van der Waals surface area (Å²) >= 11 is 11.5. The fourth-order valence-corrected chi connectivity index (χ4v) is 2.20. The van der Waals surface area contributed by atoms with E-state index in [-0.39, 0.29) is 0 Å². The van der Waals surface area contributed by atoms with Crippen LogP contribution in [0.3, 0.4) is 0 Å². The number of ether oxygens (including phenoxy) is 1. The summed E-state index contributed by atoms with van der Waals surface area (Å²) in [5.41, 5.74) is 0. The molecule has 0 aliphatic rings. The van der Waals surface area contributed by atoms with E-state index in [2.05, 4.69) is 13.8 Å². The first-order valence-corrected chi connectivity index (χ1v) is 9.87. The van der Waals surface area contributed by atoms with E-state index in [0.717, 1.165) is 25.2 Å². The van der Waals surface area contributed by atoms with Crippen LogP contribution >= 0.6 is 22.2 Å². The molecule has 0 saturated carbocycles. The molecule has 0 aromatic rings. The molecule has 0 saturated heterocycles. The lowest BCUT2D eigenvalue weighted by Crippen LogP contribution is -2.11. The number of halogens is 2. The molecule has 0 radical (unpaired) electrons. The summed E-state index contributed by atoms with van der Waals surface area (Å²) in [5.74, 6) is 0.723. The molecule has 1 atom stereocenters. The molecular formula is C10H22Cl2OSi. The summed E-state index contributed by atoms with van der Waals surface area (Å²) in [6, 6.07) is 0.868. The normalized spacial score (nSPS) is 13.5. The minimum absolute atomic E-state index is 0.723. The van der Waals surface area contributed by atoms with Crippen molar-refractivity contribution in [2.75, 3.05) is 13.2 Å². The van der Waals surface area contributed by atoms with Crippen molar-refractivity contribution in [1.29, 1.82) is 0 Å². The third kappa shape index (κ3) is 9.32. The molecule has 0 spiro atoms. The summed E-state index contributed by atoms with van der Waals surface area (Å²) < 4.78 is 5.56. The average molecular weight is 257 g/mol. The van der Waals surface area contributed by atoms with E-state index in [1.807, 2.05) is 0 Å². The van der Waals surface area contributed by atoms with Crippen molar-refractivity contribution in [3.05, 3.63) is 0 Å². The zero-order valence-electron chi connectivity index (χ0n) is 9.27. The molecule has 0 amide bonds. The highest BCUT2D eigenvalue weighted by atomic mass is 35.7. The van der Waals surface area contributed by atoms with Crippen molar-refractivity contribution in [3.63, 3.8) is 0 Å². The van der Waals surface area contributed by atoms with Gasteiger partial charge in [0.1, 0.15) is 0 Å². The monoisotopic (exact) mass is 256 g/mol. The molecule has 0 N–H and O–H groups in total. The van der Waals surface area contributed by atoms with Gasteiger partial charge in [0, 0.05) is 13.2 Å². The second-order valence-electron chi connectivity index (χ2n) is 3.67. The maximum Gasteiger partial charge on any atom is 0.239 e. The van der Waals surface area contributed by atoms with E-state index in [0.29, 0.717) is 0 Å². The Hall–Kier alpha value is 0.757. The highest BCUT2D eigenvalue weighted by molar-refractivity contribution is 7.33. The minimum atomic E-state index is -1.45. The van der Waals surface area contributed by atoms with Crippen molar-refractivity contribution < 1.29 is 4.74 Å².